The topological polar surface area (TPSA) is 63.2 Å². The Bertz CT molecular complexity index is 1330. The predicted molar refractivity (Wildman–Crippen MR) is 116 cm³/mol. The molecule has 2 bridgehead atoms. The number of nitrogens with one attached hydrogen (secondary N) is 1. The molecule has 13 heteroatoms. The molecule has 1 N–H and O–H groups in total. The van der Waals surface area contributed by atoms with Gasteiger partial charge in [0.25, 0.3) is 0 Å². The molecule has 2 fully saturated rings. The van der Waals surface area contributed by atoms with Crippen molar-refractivity contribution in [1.29, 1.82) is 0 Å². The number of anilines is 2. The standard InChI is InChI=1S/C23H20F7N5O/c1-10(14-4-3-5-16(18(14)24)22(25,26)27)31-21-15-7-17(35-8-13-6-12(35)9-36-13)20(23(28,29)30)32-19(15)11(2)33-34-21/h3-5,7,10,12-13H,6,8-9H2,1-2H3,(H,31,34)/t10-,12?,13?/m1/s1. The number of aromatic nitrogens is 3. The number of benzene rings is 1. The Kier molecular flexibility index (Phi) is 5.73. The lowest BCUT2D eigenvalue weighted by Gasteiger charge is -2.31. The molecule has 3 aromatic rings. The number of fused-ring (bicyclic) bond motifs is 3. The fraction of sp³-hybridized carbons (Fsp3) is 0.435. The van der Waals surface area contributed by atoms with Crippen LogP contribution in [0.1, 0.15) is 41.9 Å². The van der Waals surface area contributed by atoms with Crippen LogP contribution in [0.4, 0.5) is 42.2 Å². The number of rotatable bonds is 4. The molecule has 2 saturated heterocycles. The summed E-state index contributed by atoms with van der Waals surface area (Å²) in [5.41, 5.74) is -2.84. The highest BCUT2D eigenvalue weighted by Crippen LogP contribution is 2.43. The van der Waals surface area contributed by atoms with Gasteiger partial charge in [0.05, 0.1) is 47.3 Å². The Hall–Kier alpha value is -3.22. The summed E-state index contributed by atoms with van der Waals surface area (Å²) in [6.07, 6.45) is -9.21. The van der Waals surface area contributed by atoms with Crippen LogP contribution in [-0.2, 0) is 17.1 Å². The molecule has 2 aromatic heterocycles. The molecule has 36 heavy (non-hydrogen) atoms. The predicted octanol–water partition coefficient (Wildman–Crippen LogP) is 5.66. The fourth-order valence-corrected chi connectivity index (χ4v) is 4.80. The van der Waals surface area contributed by atoms with Gasteiger partial charge in [0.1, 0.15) is 5.82 Å². The van der Waals surface area contributed by atoms with Gasteiger partial charge in [0, 0.05) is 17.5 Å². The number of nitrogens with zero attached hydrogens (tertiary/aromatic N) is 4. The molecule has 2 aliphatic heterocycles. The molecule has 3 atom stereocenters. The third-order valence-electron chi connectivity index (χ3n) is 6.53. The number of pyridine rings is 1. The van der Waals surface area contributed by atoms with E-state index in [0.29, 0.717) is 19.1 Å². The lowest BCUT2D eigenvalue weighted by atomic mass is 10.0. The van der Waals surface area contributed by atoms with Crippen molar-refractivity contribution in [1.82, 2.24) is 15.2 Å². The van der Waals surface area contributed by atoms with Crippen molar-refractivity contribution in [2.45, 2.75) is 50.8 Å². The van der Waals surface area contributed by atoms with Gasteiger partial charge in [-0.25, -0.2) is 9.37 Å². The van der Waals surface area contributed by atoms with Crippen molar-refractivity contribution in [3.8, 4) is 0 Å². The molecule has 0 aliphatic carbocycles. The van der Waals surface area contributed by atoms with Crippen molar-refractivity contribution in [2.24, 2.45) is 0 Å². The van der Waals surface area contributed by atoms with Crippen LogP contribution in [0.5, 0.6) is 0 Å². The van der Waals surface area contributed by atoms with Crippen LogP contribution in [0, 0.1) is 12.7 Å². The van der Waals surface area contributed by atoms with Gasteiger partial charge in [-0.1, -0.05) is 12.1 Å². The molecule has 0 amide bonds. The first-order chi connectivity index (χ1) is 16.8. The van der Waals surface area contributed by atoms with Crippen molar-refractivity contribution in [3.63, 3.8) is 0 Å². The minimum absolute atomic E-state index is 0.0250. The molecular formula is C23H20F7N5O. The number of alkyl halides is 6. The number of hydrogen-bond acceptors (Lipinski definition) is 6. The Morgan fingerprint density at radius 2 is 1.86 bits per heavy atom. The second kappa shape index (κ2) is 8.43. The molecule has 2 unspecified atom stereocenters. The summed E-state index contributed by atoms with van der Waals surface area (Å²) < 4.78 is 102. The first kappa shape index (κ1) is 24.5. The van der Waals surface area contributed by atoms with Gasteiger partial charge in [0.2, 0.25) is 0 Å². The van der Waals surface area contributed by atoms with Crippen LogP contribution < -0.4 is 10.2 Å². The van der Waals surface area contributed by atoms with E-state index in [4.69, 9.17) is 4.74 Å². The van der Waals surface area contributed by atoms with E-state index in [1.807, 2.05) is 0 Å². The van der Waals surface area contributed by atoms with Gasteiger partial charge in [0.15, 0.2) is 11.5 Å². The van der Waals surface area contributed by atoms with E-state index < -0.39 is 35.5 Å². The monoisotopic (exact) mass is 515 g/mol. The maximum absolute atomic E-state index is 14.7. The molecule has 2 aliphatic rings. The molecule has 4 heterocycles. The zero-order valence-electron chi connectivity index (χ0n) is 19.0. The second-order valence-corrected chi connectivity index (χ2v) is 8.95. The van der Waals surface area contributed by atoms with Crippen LogP contribution >= 0.6 is 0 Å². The highest BCUT2D eigenvalue weighted by molar-refractivity contribution is 5.93. The largest absolute Gasteiger partial charge is 0.435 e. The van der Waals surface area contributed by atoms with E-state index in [0.717, 1.165) is 6.07 Å². The first-order valence-electron chi connectivity index (χ1n) is 11.1. The quantitative estimate of drug-likeness (QED) is 0.453. The Morgan fingerprint density at radius 1 is 1.11 bits per heavy atom. The zero-order valence-corrected chi connectivity index (χ0v) is 19.0. The van der Waals surface area contributed by atoms with E-state index in [1.165, 1.54) is 26.0 Å². The third kappa shape index (κ3) is 4.18. The van der Waals surface area contributed by atoms with Gasteiger partial charge in [-0.05, 0) is 32.4 Å². The SMILES string of the molecule is Cc1nnc(N[C@H](C)c2cccc(C(F)(F)F)c2F)c2cc(N3CC4CC3CO4)c(C(F)(F)F)nc12. The normalized spacial score (nSPS) is 20.9. The summed E-state index contributed by atoms with van der Waals surface area (Å²) in [5, 5.41) is 10.9. The maximum Gasteiger partial charge on any atom is 0.435 e. The zero-order chi connectivity index (χ0) is 26.0. The van der Waals surface area contributed by atoms with Crippen LogP contribution in [0.3, 0.4) is 0 Å². The highest BCUT2D eigenvalue weighted by atomic mass is 19.4. The molecule has 0 radical (unpaired) electrons. The maximum atomic E-state index is 14.7. The van der Waals surface area contributed by atoms with Gasteiger partial charge >= 0.3 is 12.4 Å². The average Bonchev–Trinajstić information content (AvgIpc) is 3.43. The molecule has 6 nitrogen and oxygen atoms in total. The van der Waals surface area contributed by atoms with Crippen LogP contribution in [0.2, 0.25) is 0 Å². The number of ether oxygens (including phenoxy) is 1. The van der Waals surface area contributed by atoms with E-state index in [2.05, 4.69) is 20.5 Å². The van der Waals surface area contributed by atoms with Crippen LogP contribution in [0.25, 0.3) is 10.9 Å². The molecule has 1 aromatic carbocycles. The van der Waals surface area contributed by atoms with Crippen molar-refractivity contribution >= 4 is 22.4 Å². The van der Waals surface area contributed by atoms with Crippen molar-refractivity contribution in [3.05, 3.63) is 52.6 Å². The first-order valence-corrected chi connectivity index (χ1v) is 11.1. The van der Waals surface area contributed by atoms with E-state index in [1.54, 1.807) is 4.90 Å². The molecule has 192 valence electrons. The Morgan fingerprint density at radius 3 is 2.47 bits per heavy atom. The van der Waals surface area contributed by atoms with Crippen molar-refractivity contribution < 1.29 is 35.5 Å². The van der Waals surface area contributed by atoms with Crippen LogP contribution in [0.15, 0.2) is 24.3 Å². The molecular weight excluding hydrogens is 495 g/mol. The molecule has 5 rings (SSSR count). The van der Waals surface area contributed by atoms with E-state index in [9.17, 15) is 30.7 Å². The van der Waals surface area contributed by atoms with E-state index >= 15 is 0 Å². The number of halogens is 7. The summed E-state index contributed by atoms with van der Waals surface area (Å²) in [6, 6.07) is 2.96. The lowest BCUT2D eigenvalue weighted by Crippen LogP contribution is -2.38. The molecule has 0 saturated carbocycles. The number of hydrogen-bond donors (Lipinski definition) is 1. The minimum Gasteiger partial charge on any atom is -0.374 e. The Balaban J connectivity index is 1.60. The average molecular weight is 515 g/mol. The number of morpholine rings is 1. The Labute approximate surface area is 200 Å². The van der Waals surface area contributed by atoms with Gasteiger partial charge in [-0.15, -0.1) is 5.10 Å². The summed E-state index contributed by atoms with van der Waals surface area (Å²) in [5.74, 6) is -1.47. The highest BCUT2D eigenvalue weighted by Gasteiger charge is 2.44. The summed E-state index contributed by atoms with van der Waals surface area (Å²) >= 11 is 0. The van der Waals surface area contributed by atoms with E-state index in [-0.39, 0.29) is 52.4 Å². The fourth-order valence-electron chi connectivity index (χ4n) is 4.80. The minimum atomic E-state index is -4.89. The van der Waals surface area contributed by atoms with Gasteiger partial charge in [-0.2, -0.15) is 31.4 Å². The van der Waals surface area contributed by atoms with Crippen molar-refractivity contribution in [2.75, 3.05) is 23.4 Å². The van der Waals surface area contributed by atoms with Crippen LogP contribution in [-0.4, -0.2) is 40.5 Å². The lowest BCUT2D eigenvalue weighted by molar-refractivity contribution is -0.141. The number of aryl methyl sites for hydroxylation is 1. The summed E-state index contributed by atoms with van der Waals surface area (Å²) in [6.45, 7) is 3.44. The molecule has 0 spiro atoms. The third-order valence-corrected chi connectivity index (χ3v) is 6.53. The van der Waals surface area contributed by atoms with Gasteiger partial charge in [-0.3, -0.25) is 0 Å². The smallest absolute Gasteiger partial charge is 0.374 e. The van der Waals surface area contributed by atoms with Gasteiger partial charge < -0.3 is 15.0 Å². The second-order valence-electron chi connectivity index (χ2n) is 8.95. The summed E-state index contributed by atoms with van der Waals surface area (Å²) in [7, 11) is 0. The summed E-state index contributed by atoms with van der Waals surface area (Å²) in [4.78, 5) is 5.52.